The van der Waals surface area contributed by atoms with Crippen LogP contribution in [0.3, 0.4) is 0 Å². The summed E-state index contributed by atoms with van der Waals surface area (Å²) in [7, 11) is 1.64. The summed E-state index contributed by atoms with van der Waals surface area (Å²) in [4.78, 5) is 4.38. The van der Waals surface area contributed by atoms with Crippen LogP contribution in [0.2, 0.25) is 0 Å². The van der Waals surface area contributed by atoms with E-state index in [1.54, 1.807) is 13.3 Å². The zero-order valence-electron chi connectivity index (χ0n) is 12.8. The molecule has 0 saturated heterocycles. The zero-order chi connectivity index (χ0) is 15.1. The summed E-state index contributed by atoms with van der Waals surface area (Å²) >= 11 is 0. The maximum atomic E-state index is 5.97. The molecular formula is C18H21NO2. The smallest absolute Gasteiger partial charge is 0.137 e. The van der Waals surface area contributed by atoms with Gasteiger partial charge >= 0.3 is 0 Å². The Kier molecular flexibility index (Phi) is 5.38. The van der Waals surface area contributed by atoms with Crippen molar-refractivity contribution >= 4 is 10.9 Å². The lowest BCUT2D eigenvalue weighted by Gasteiger charge is -2.10. The van der Waals surface area contributed by atoms with Gasteiger partial charge in [0, 0.05) is 5.39 Å². The number of methoxy groups -OCH3 is 1. The maximum Gasteiger partial charge on any atom is 0.137 e. The van der Waals surface area contributed by atoms with Gasteiger partial charge in [0.1, 0.15) is 18.1 Å². The van der Waals surface area contributed by atoms with Crippen LogP contribution in [0, 0.1) is 0 Å². The van der Waals surface area contributed by atoms with Crippen LogP contribution < -0.4 is 9.47 Å². The second kappa shape index (κ2) is 7.48. The van der Waals surface area contributed by atoms with E-state index >= 15 is 0 Å². The van der Waals surface area contributed by atoms with Gasteiger partial charge in [-0.3, -0.25) is 4.98 Å². The van der Waals surface area contributed by atoms with Crippen LogP contribution in [0.15, 0.2) is 54.3 Å². The van der Waals surface area contributed by atoms with E-state index in [2.05, 4.69) is 24.1 Å². The molecule has 1 heterocycles. The number of hydrogen-bond donors (Lipinski definition) is 0. The fourth-order valence-electron chi connectivity index (χ4n) is 2.15. The van der Waals surface area contributed by atoms with Crippen LogP contribution in [0.5, 0.6) is 11.5 Å². The summed E-state index contributed by atoms with van der Waals surface area (Å²) in [5, 5.41) is 0.966. The highest BCUT2D eigenvalue weighted by molar-refractivity contribution is 5.86. The monoisotopic (exact) mass is 283 g/mol. The van der Waals surface area contributed by atoms with E-state index in [1.165, 1.54) is 5.57 Å². The number of nitrogens with zero attached hydrogens (tertiary/aromatic N) is 1. The molecule has 0 radical (unpaired) electrons. The quantitative estimate of drug-likeness (QED) is 0.730. The molecule has 0 fully saturated rings. The Morgan fingerprint density at radius 2 is 2.19 bits per heavy atom. The summed E-state index contributed by atoms with van der Waals surface area (Å²) in [5.74, 6) is 1.56. The molecule has 0 aliphatic carbocycles. The minimum Gasteiger partial charge on any atom is -0.495 e. The van der Waals surface area contributed by atoms with Gasteiger partial charge in [-0.05, 0) is 37.1 Å². The molecule has 3 heteroatoms. The van der Waals surface area contributed by atoms with E-state index in [4.69, 9.17) is 9.47 Å². The second-order valence-electron chi connectivity index (χ2n) is 4.67. The summed E-state index contributed by atoms with van der Waals surface area (Å²) in [6.07, 6.45) is 8.98. The third-order valence-electron chi connectivity index (χ3n) is 3.14. The standard InChI is InChI=1S/C18H21NO2/c1-4-7-14(8-5-2)13-21-18-10-6-9-17-16(18)11-15(20-3)12-19-17/h4,6-12H,5,13H2,1-3H3/b7-4-,14-8+. The Labute approximate surface area is 125 Å². The Morgan fingerprint density at radius 3 is 2.90 bits per heavy atom. The van der Waals surface area contributed by atoms with Crippen LogP contribution in [-0.2, 0) is 0 Å². The van der Waals surface area contributed by atoms with Gasteiger partial charge in [-0.25, -0.2) is 0 Å². The number of aromatic nitrogens is 1. The normalized spacial score (nSPS) is 12.0. The van der Waals surface area contributed by atoms with Crippen molar-refractivity contribution in [1.29, 1.82) is 0 Å². The third-order valence-corrected chi connectivity index (χ3v) is 3.14. The van der Waals surface area contributed by atoms with E-state index in [1.807, 2.05) is 37.3 Å². The molecule has 110 valence electrons. The first-order valence-corrected chi connectivity index (χ1v) is 7.15. The molecule has 21 heavy (non-hydrogen) atoms. The number of rotatable bonds is 6. The first kappa shape index (κ1) is 15.1. The molecule has 0 saturated carbocycles. The fourth-order valence-corrected chi connectivity index (χ4v) is 2.15. The van der Waals surface area contributed by atoms with Gasteiger partial charge < -0.3 is 9.47 Å². The summed E-state index contributed by atoms with van der Waals surface area (Å²) in [6.45, 7) is 4.68. The van der Waals surface area contributed by atoms with E-state index in [-0.39, 0.29) is 0 Å². The van der Waals surface area contributed by atoms with Crippen molar-refractivity contribution in [2.24, 2.45) is 0 Å². The third kappa shape index (κ3) is 3.85. The molecule has 1 aromatic carbocycles. The van der Waals surface area contributed by atoms with E-state index in [0.717, 1.165) is 28.8 Å². The first-order chi connectivity index (χ1) is 10.3. The first-order valence-electron chi connectivity index (χ1n) is 7.15. The molecule has 1 aromatic heterocycles. The van der Waals surface area contributed by atoms with Crippen molar-refractivity contribution in [3.05, 3.63) is 54.3 Å². The van der Waals surface area contributed by atoms with Crippen molar-refractivity contribution in [3.8, 4) is 11.5 Å². The molecule has 0 atom stereocenters. The molecule has 2 aromatic rings. The SMILES string of the molecule is C/C=C\C(=C/CC)COc1cccc2ncc(OC)cc12. The van der Waals surface area contributed by atoms with Gasteiger partial charge in [-0.15, -0.1) is 0 Å². The molecule has 0 aliphatic heterocycles. The molecule has 2 rings (SSSR count). The summed E-state index contributed by atoms with van der Waals surface area (Å²) in [6, 6.07) is 7.84. The van der Waals surface area contributed by atoms with Gasteiger partial charge in [-0.2, -0.15) is 0 Å². The molecule has 0 N–H and O–H groups in total. The predicted octanol–water partition coefficient (Wildman–Crippen LogP) is 4.53. The number of allylic oxidation sites excluding steroid dienone is 2. The number of pyridine rings is 1. The highest BCUT2D eigenvalue weighted by atomic mass is 16.5. The molecule has 0 aliphatic rings. The summed E-state index contributed by atoms with van der Waals surface area (Å²) < 4.78 is 11.2. The number of benzene rings is 1. The Balaban J connectivity index is 2.27. The largest absolute Gasteiger partial charge is 0.495 e. The van der Waals surface area contributed by atoms with Gasteiger partial charge in [0.2, 0.25) is 0 Å². The highest BCUT2D eigenvalue weighted by Gasteiger charge is 2.05. The molecule has 0 bridgehead atoms. The minimum atomic E-state index is 0.550. The molecule has 0 unspecified atom stereocenters. The Hall–Kier alpha value is -2.29. The summed E-state index contributed by atoms with van der Waals surface area (Å²) in [5.41, 5.74) is 2.08. The van der Waals surface area contributed by atoms with Crippen LogP contribution in [-0.4, -0.2) is 18.7 Å². The highest BCUT2D eigenvalue weighted by Crippen LogP contribution is 2.27. The second-order valence-corrected chi connectivity index (χ2v) is 4.67. The molecule has 3 nitrogen and oxygen atoms in total. The van der Waals surface area contributed by atoms with Gasteiger partial charge in [0.05, 0.1) is 18.8 Å². The topological polar surface area (TPSA) is 31.4 Å². The van der Waals surface area contributed by atoms with Crippen LogP contribution in [0.1, 0.15) is 20.3 Å². The van der Waals surface area contributed by atoms with Crippen molar-refractivity contribution < 1.29 is 9.47 Å². The average Bonchev–Trinajstić information content (AvgIpc) is 2.52. The van der Waals surface area contributed by atoms with E-state index in [0.29, 0.717) is 6.61 Å². The van der Waals surface area contributed by atoms with Crippen molar-refractivity contribution in [2.75, 3.05) is 13.7 Å². The zero-order valence-corrected chi connectivity index (χ0v) is 12.8. The lowest BCUT2D eigenvalue weighted by molar-refractivity contribution is 0.359. The number of ether oxygens (including phenoxy) is 2. The van der Waals surface area contributed by atoms with E-state index in [9.17, 15) is 0 Å². The number of hydrogen-bond acceptors (Lipinski definition) is 3. The van der Waals surface area contributed by atoms with Crippen LogP contribution in [0.25, 0.3) is 10.9 Å². The lowest BCUT2D eigenvalue weighted by atomic mass is 10.2. The van der Waals surface area contributed by atoms with Crippen LogP contribution >= 0.6 is 0 Å². The molecule has 0 spiro atoms. The molecule has 0 amide bonds. The fraction of sp³-hybridized carbons (Fsp3) is 0.278. The Bertz CT molecular complexity index is 659. The Morgan fingerprint density at radius 1 is 1.33 bits per heavy atom. The average molecular weight is 283 g/mol. The molecular weight excluding hydrogens is 262 g/mol. The van der Waals surface area contributed by atoms with Crippen LogP contribution in [0.4, 0.5) is 0 Å². The minimum absolute atomic E-state index is 0.550. The van der Waals surface area contributed by atoms with Gasteiger partial charge in [0.15, 0.2) is 0 Å². The number of fused-ring (bicyclic) bond motifs is 1. The predicted molar refractivity (Wildman–Crippen MR) is 87.0 cm³/mol. The van der Waals surface area contributed by atoms with Crippen molar-refractivity contribution in [2.45, 2.75) is 20.3 Å². The van der Waals surface area contributed by atoms with E-state index < -0.39 is 0 Å². The van der Waals surface area contributed by atoms with Crippen molar-refractivity contribution in [1.82, 2.24) is 4.98 Å². The maximum absolute atomic E-state index is 5.97. The van der Waals surface area contributed by atoms with Gasteiger partial charge in [-0.1, -0.05) is 31.2 Å². The van der Waals surface area contributed by atoms with Gasteiger partial charge in [0.25, 0.3) is 0 Å². The van der Waals surface area contributed by atoms with Crippen molar-refractivity contribution in [3.63, 3.8) is 0 Å². The lowest BCUT2D eigenvalue weighted by Crippen LogP contribution is -2.00.